The molecule has 0 atom stereocenters. The van der Waals surface area contributed by atoms with Gasteiger partial charge in [-0.05, 0) is 30.4 Å². The first kappa shape index (κ1) is 13.2. The van der Waals surface area contributed by atoms with Gasteiger partial charge < -0.3 is 4.90 Å². The van der Waals surface area contributed by atoms with E-state index in [1.165, 1.54) is 22.5 Å². The van der Waals surface area contributed by atoms with Gasteiger partial charge in [0.05, 0.1) is 0 Å². The molecule has 23 heavy (non-hydrogen) atoms. The summed E-state index contributed by atoms with van der Waals surface area (Å²) in [7, 11) is 0. The number of carbonyl (C=O) groups excluding carboxylic acids is 1. The SMILES string of the molecule is O=C(c1nn2c(C3CC3)nnc2s1)N1CCc2ccccc2C1. The Balaban J connectivity index is 1.44. The fourth-order valence-electron chi connectivity index (χ4n) is 3.12. The van der Waals surface area contributed by atoms with Crippen LogP contribution in [0.1, 0.15) is 45.5 Å². The van der Waals surface area contributed by atoms with Gasteiger partial charge in [-0.2, -0.15) is 4.52 Å². The average Bonchev–Trinajstić information content (AvgIpc) is 3.21. The van der Waals surface area contributed by atoms with Crippen molar-refractivity contribution in [1.29, 1.82) is 0 Å². The smallest absolute Gasteiger partial charge is 0.285 e. The van der Waals surface area contributed by atoms with E-state index in [1.54, 1.807) is 4.52 Å². The van der Waals surface area contributed by atoms with Gasteiger partial charge in [0.25, 0.3) is 5.91 Å². The molecule has 1 aromatic carbocycles. The highest BCUT2D eigenvalue weighted by Gasteiger charge is 2.31. The minimum absolute atomic E-state index is 0.00301. The Labute approximate surface area is 136 Å². The van der Waals surface area contributed by atoms with Gasteiger partial charge in [0.2, 0.25) is 9.97 Å². The van der Waals surface area contributed by atoms with Gasteiger partial charge in [-0.15, -0.1) is 15.3 Å². The maximum absolute atomic E-state index is 12.8. The molecule has 7 heteroatoms. The van der Waals surface area contributed by atoms with Crippen LogP contribution in [-0.2, 0) is 13.0 Å². The highest BCUT2D eigenvalue weighted by molar-refractivity contribution is 7.18. The van der Waals surface area contributed by atoms with E-state index in [1.807, 2.05) is 11.0 Å². The van der Waals surface area contributed by atoms with Crippen LogP contribution in [0.2, 0.25) is 0 Å². The van der Waals surface area contributed by atoms with E-state index >= 15 is 0 Å². The molecule has 3 aromatic rings. The van der Waals surface area contributed by atoms with Crippen molar-refractivity contribution in [3.8, 4) is 0 Å². The lowest BCUT2D eigenvalue weighted by Gasteiger charge is -2.27. The van der Waals surface area contributed by atoms with Gasteiger partial charge in [-0.1, -0.05) is 35.6 Å². The summed E-state index contributed by atoms with van der Waals surface area (Å²) in [6, 6.07) is 8.32. The van der Waals surface area contributed by atoms with Crippen molar-refractivity contribution in [2.24, 2.45) is 0 Å². The van der Waals surface area contributed by atoms with E-state index in [9.17, 15) is 4.79 Å². The molecule has 1 fully saturated rings. The second-order valence-corrected chi connectivity index (χ2v) is 7.14. The second-order valence-electron chi connectivity index (χ2n) is 6.18. The molecular formula is C16H15N5OS. The van der Waals surface area contributed by atoms with Gasteiger partial charge in [0, 0.05) is 19.0 Å². The van der Waals surface area contributed by atoms with Crippen molar-refractivity contribution < 1.29 is 4.79 Å². The summed E-state index contributed by atoms with van der Waals surface area (Å²) < 4.78 is 1.76. The van der Waals surface area contributed by atoms with Gasteiger partial charge in [0.15, 0.2) is 5.82 Å². The molecule has 1 saturated carbocycles. The lowest BCUT2D eigenvalue weighted by atomic mass is 10.00. The van der Waals surface area contributed by atoms with E-state index < -0.39 is 0 Å². The van der Waals surface area contributed by atoms with E-state index in [4.69, 9.17) is 0 Å². The van der Waals surface area contributed by atoms with Gasteiger partial charge in [-0.25, -0.2) is 0 Å². The standard InChI is InChI=1S/C16H15N5OS/c22-15(20-8-7-10-3-1-2-4-12(10)9-20)14-19-21-13(11-5-6-11)17-18-16(21)23-14/h1-4,11H,5-9H2. The number of aromatic nitrogens is 4. The van der Waals surface area contributed by atoms with Crippen LogP contribution < -0.4 is 0 Å². The summed E-state index contributed by atoms with van der Waals surface area (Å²) in [5.74, 6) is 1.37. The zero-order valence-corrected chi connectivity index (χ0v) is 13.3. The molecule has 3 heterocycles. The van der Waals surface area contributed by atoms with E-state index in [-0.39, 0.29) is 5.91 Å². The largest absolute Gasteiger partial charge is 0.332 e. The Bertz CT molecular complexity index is 910. The Hall–Kier alpha value is -2.28. The van der Waals surface area contributed by atoms with Crippen molar-refractivity contribution in [3.05, 3.63) is 46.2 Å². The molecule has 116 valence electrons. The first-order valence-electron chi connectivity index (χ1n) is 7.88. The molecule has 0 N–H and O–H groups in total. The van der Waals surface area contributed by atoms with Gasteiger partial charge >= 0.3 is 0 Å². The molecule has 6 nitrogen and oxygen atoms in total. The number of benzene rings is 1. The molecule has 1 aliphatic carbocycles. The fraction of sp³-hybridized carbons (Fsp3) is 0.375. The number of amides is 1. The highest BCUT2D eigenvalue weighted by atomic mass is 32.1. The third-order valence-corrected chi connectivity index (χ3v) is 5.45. The molecule has 2 aliphatic rings. The van der Waals surface area contributed by atoms with Gasteiger partial charge in [-0.3, -0.25) is 4.79 Å². The molecule has 2 aromatic heterocycles. The van der Waals surface area contributed by atoms with Crippen LogP contribution >= 0.6 is 11.3 Å². The van der Waals surface area contributed by atoms with Crippen LogP contribution in [-0.4, -0.2) is 37.2 Å². The van der Waals surface area contributed by atoms with E-state index in [0.717, 1.165) is 31.6 Å². The second kappa shape index (κ2) is 4.86. The van der Waals surface area contributed by atoms with Crippen LogP contribution in [0.25, 0.3) is 4.96 Å². The molecule has 0 saturated heterocycles. The molecule has 1 amide bonds. The number of hydrogen-bond donors (Lipinski definition) is 0. The molecule has 0 unspecified atom stereocenters. The number of carbonyl (C=O) groups is 1. The minimum atomic E-state index is -0.00301. The van der Waals surface area contributed by atoms with Crippen molar-refractivity contribution in [1.82, 2.24) is 24.7 Å². The first-order valence-corrected chi connectivity index (χ1v) is 8.69. The molecule has 0 spiro atoms. The third kappa shape index (κ3) is 2.15. The molecular weight excluding hydrogens is 310 g/mol. The summed E-state index contributed by atoms with van der Waals surface area (Å²) in [6.07, 6.45) is 3.19. The van der Waals surface area contributed by atoms with Crippen LogP contribution in [0.15, 0.2) is 24.3 Å². The van der Waals surface area contributed by atoms with Gasteiger partial charge in [0.1, 0.15) is 0 Å². The van der Waals surface area contributed by atoms with E-state index in [2.05, 4.69) is 33.5 Å². The van der Waals surface area contributed by atoms with Crippen LogP contribution in [0, 0.1) is 0 Å². The summed E-state index contributed by atoms with van der Waals surface area (Å²) in [5, 5.41) is 13.4. The van der Waals surface area contributed by atoms with Crippen molar-refractivity contribution in [3.63, 3.8) is 0 Å². The van der Waals surface area contributed by atoms with Crippen LogP contribution in [0.5, 0.6) is 0 Å². The van der Waals surface area contributed by atoms with Crippen LogP contribution in [0.4, 0.5) is 0 Å². The Morgan fingerprint density at radius 2 is 2.00 bits per heavy atom. The zero-order chi connectivity index (χ0) is 15.4. The minimum Gasteiger partial charge on any atom is -0.332 e. The summed E-state index contributed by atoms with van der Waals surface area (Å²) in [5.41, 5.74) is 2.57. The van der Waals surface area contributed by atoms with E-state index in [0.29, 0.717) is 22.4 Å². The predicted octanol–water partition coefficient (Wildman–Crippen LogP) is 2.26. The number of fused-ring (bicyclic) bond motifs is 2. The molecule has 5 rings (SSSR count). The number of hydrogen-bond acceptors (Lipinski definition) is 5. The zero-order valence-electron chi connectivity index (χ0n) is 12.5. The fourth-order valence-corrected chi connectivity index (χ4v) is 3.93. The number of nitrogens with zero attached hydrogens (tertiary/aromatic N) is 5. The normalized spacial score (nSPS) is 17.5. The first-order chi connectivity index (χ1) is 11.3. The monoisotopic (exact) mass is 325 g/mol. The topological polar surface area (TPSA) is 63.4 Å². The lowest BCUT2D eigenvalue weighted by molar-refractivity contribution is 0.0733. The Kier molecular flexibility index (Phi) is 2.78. The maximum Gasteiger partial charge on any atom is 0.285 e. The quantitative estimate of drug-likeness (QED) is 0.725. The number of rotatable bonds is 2. The Morgan fingerprint density at radius 1 is 1.17 bits per heavy atom. The summed E-state index contributed by atoms with van der Waals surface area (Å²) >= 11 is 1.33. The highest BCUT2D eigenvalue weighted by Crippen LogP contribution is 2.39. The molecule has 0 radical (unpaired) electrons. The third-order valence-electron chi connectivity index (χ3n) is 4.56. The average molecular weight is 325 g/mol. The Morgan fingerprint density at radius 3 is 2.83 bits per heavy atom. The molecule has 0 bridgehead atoms. The molecule has 1 aliphatic heterocycles. The maximum atomic E-state index is 12.8. The van der Waals surface area contributed by atoms with Crippen molar-refractivity contribution in [2.75, 3.05) is 6.54 Å². The summed E-state index contributed by atoms with van der Waals surface area (Å²) in [6.45, 7) is 1.40. The van der Waals surface area contributed by atoms with Crippen molar-refractivity contribution >= 4 is 22.2 Å². The lowest BCUT2D eigenvalue weighted by Crippen LogP contribution is -2.35. The summed E-state index contributed by atoms with van der Waals surface area (Å²) in [4.78, 5) is 15.4. The van der Waals surface area contributed by atoms with Crippen molar-refractivity contribution in [2.45, 2.75) is 31.7 Å². The van der Waals surface area contributed by atoms with Crippen LogP contribution in [0.3, 0.4) is 0 Å². The predicted molar refractivity (Wildman–Crippen MR) is 85.5 cm³/mol.